The molecule has 2 rings (SSSR count). The van der Waals surface area contributed by atoms with E-state index in [0.29, 0.717) is 6.04 Å². The maximum Gasteiger partial charge on any atom is 0.305 e. The number of hydrogen-bond donors (Lipinski definition) is 2. The third-order valence-corrected chi connectivity index (χ3v) is 4.73. The summed E-state index contributed by atoms with van der Waals surface area (Å²) in [6.45, 7) is 1.63. The first kappa shape index (κ1) is 11.2. The molecular weight excluding hydrogens is 212 g/mol. The second-order valence-electron chi connectivity index (χ2n) is 4.53. The summed E-state index contributed by atoms with van der Waals surface area (Å²) in [5.41, 5.74) is -0.124. The van der Waals surface area contributed by atoms with Crippen molar-refractivity contribution < 1.29 is 9.90 Å². The smallest absolute Gasteiger partial charge is 0.305 e. The Kier molecular flexibility index (Phi) is 3.23. The van der Waals surface area contributed by atoms with Gasteiger partial charge in [-0.2, -0.15) is 11.8 Å². The van der Waals surface area contributed by atoms with Gasteiger partial charge in [0, 0.05) is 24.9 Å². The highest BCUT2D eigenvalue weighted by molar-refractivity contribution is 7.99. The van der Waals surface area contributed by atoms with Crippen LogP contribution in [-0.4, -0.2) is 59.2 Å². The number of nitrogens with zero attached hydrogens (tertiary/aromatic N) is 1. The summed E-state index contributed by atoms with van der Waals surface area (Å²) in [7, 11) is 2.08. The highest BCUT2D eigenvalue weighted by atomic mass is 32.2. The normalized spacial score (nSPS) is 29.1. The molecule has 2 N–H and O–H groups in total. The Balaban J connectivity index is 2.01. The van der Waals surface area contributed by atoms with Crippen LogP contribution in [0.25, 0.3) is 0 Å². The van der Waals surface area contributed by atoms with E-state index in [1.54, 1.807) is 0 Å². The van der Waals surface area contributed by atoms with Crippen LogP contribution < -0.4 is 5.32 Å². The summed E-state index contributed by atoms with van der Waals surface area (Å²) < 4.78 is 0. The van der Waals surface area contributed by atoms with Gasteiger partial charge in [-0.3, -0.25) is 9.69 Å². The maximum atomic E-state index is 10.9. The van der Waals surface area contributed by atoms with E-state index in [-0.39, 0.29) is 12.0 Å². The predicted octanol–water partition coefficient (Wildman–Crippen LogP) is 0.240. The highest BCUT2D eigenvalue weighted by Crippen LogP contribution is 2.31. The molecule has 0 aromatic heterocycles. The average Bonchev–Trinajstić information content (AvgIpc) is 2.62. The van der Waals surface area contributed by atoms with Gasteiger partial charge in [0.1, 0.15) is 0 Å². The number of thioether (sulfide) groups is 1. The monoisotopic (exact) mass is 230 g/mol. The van der Waals surface area contributed by atoms with E-state index in [2.05, 4.69) is 17.3 Å². The van der Waals surface area contributed by atoms with Gasteiger partial charge in [0.15, 0.2) is 0 Å². The molecule has 1 unspecified atom stereocenters. The minimum absolute atomic E-state index is 0.124. The molecule has 2 heterocycles. The van der Waals surface area contributed by atoms with Gasteiger partial charge in [-0.15, -0.1) is 0 Å². The van der Waals surface area contributed by atoms with Crippen LogP contribution >= 0.6 is 11.8 Å². The van der Waals surface area contributed by atoms with Crippen LogP contribution in [0, 0.1) is 0 Å². The summed E-state index contributed by atoms with van der Waals surface area (Å²) >= 11 is 1.97. The number of hydrogen-bond acceptors (Lipinski definition) is 4. The van der Waals surface area contributed by atoms with E-state index < -0.39 is 5.97 Å². The topological polar surface area (TPSA) is 52.6 Å². The van der Waals surface area contributed by atoms with E-state index in [1.807, 2.05) is 11.8 Å². The molecule has 0 spiro atoms. The van der Waals surface area contributed by atoms with Gasteiger partial charge in [0.05, 0.1) is 12.0 Å². The number of likely N-dealkylation sites (N-methyl/N-ethyl adjacent to an activating group) is 1. The van der Waals surface area contributed by atoms with Crippen LogP contribution in [0.3, 0.4) is 0 Å². The Morgan fingerprint density at radius 3 is 2.80 bits per heavy atom. The van der Waals surface area contributed by atoms with Crippen molar-refractivity contribution in [1.29, 1.82) is 0 Å². The Morgan fingerprint density at radius 2 is 2.40 bits per heavy atom. The second-order valence-corrected chi connectivity index (χ2v) is 5.68. The van der Waals surface area contributed by atoms with Crippen molar-refractivity contribution in [3.63, 3.8) is 0 Å². The molecule has 0 bridgehead atoms. The molecule has 0 aromatic carbocycles. The number of aliphatic carboxylic acids is 1. The highest BCUT2D eigenvalue weighted by Gasteiger charge is 2.45. The fourth-order valence-corrected chi connectivity index (χ4v) is 3.68. The van der Waals surface area contributed by atoms with Gasteiger partial charge in [-0.1, -0.05) is 0 Å². The van der Waals surface area contributed by atoms with Crippen molar-refractivity contribution >= 4 is 17.7 Å². The van der Waals surface area contributed by atoms with Crippen LogP contribution in [0.2, 0.25) is 0 Å². The maximum absolute atomic E-state index is 10.9. The lowest BCUT2D eigenvalue weighted by Gasteiger charge is -2.50. The van der Waals surface area contributed by atoms with Crippen LogP contribution in [0.15, 0.2) is 0 Å². The van der Waals surface area contributed by atoms with Crippen molar-refractivity contribution in [2.24, 2.45) is 0 Å². The molecule has 2 saturated heterocycles. The molecule has 86 valence electrons. The van der Waals surface area contributed by atoms with E-state index in [4.69, 9.17) is 5.11 Å². The lowest BCUT2D eigenvalue weighted by molar-refractivity contribution is -0.142. The molecule has 0 saturated carbocycles. The van der Waals surface area contributed by atoms with Crippen LogP contribution in [0.1, 0.15) is 12.8 Å². The largest absolute Gasteiger partial charge is 0.481 e. The van der Waals surface area contributed by atoms with Crippen LogP contribution in [-0.2, 0) is 4.79 Å². The molecular formula is C10H18N2O2S. The van der Waals surface area contributed by atoms with Gasteiger partial charge in [-0.05, 0) is 19.2 Å². The molecule has 0 radical (unpaired) electrons. The van der Waals surface area contributed by atoms with Gasteiger partial charge < -0.3 is 10.4 Å². The lowest BCUT2D eigenvalue weighted by atomic mass is 9.85. The van der Waals surface area contributed by atoms with E-state index in [1.165, 1.54) is 12.2 Å². The van der Waals surface area contributed by atoms with Crippen molar-refractivity contribution in [2.75, 3.05) is 31.6 Å². The summed E-state index contributed by atoms with van der Waals surface area (Å²) in [5, 5.41) is 12.1. The fraction of sp³-hybridized carbons (Fsp3) is 0.900. The molecule has 2 aliphatic heterocycles. The number of carboxylic acids is 1. The zero-order valence-corrected chi connectivity index (χ0v) is 9.85. The minimum atomic E-state index is -0.686. The van der Waals surface area contributed by atoms with Gasteiger partial charge in [-0.25, -0.2) is 0 Å². The molecule has 0 amide bonds. The van der Waals surface area contributed by atoms with Gasteiger partial charge in [0.25, 0.3) is 0 Å². The van der Waals surface area contributed by atoms with E-state index >= 15 is 0 Å². The lowest BCUT2D eigenvalue weighted by Crippen LogP contribution is -2.70. The standard InChI is InChI=1S/C10H18N2O2S/c1-12(8-2-3-15-5-8)10(4-9(13)14)6-11-7-10/h8,11H,2-7H2,1H3,(H,13,14). The third-order valence-electron chi connectivity index (χ3n) is 3.59. The Labute approximate surface area is 94.4 Å². The first-order valence-corrected chi connectivity index (χ1v) is 6.53. The van der Waals surface area contributed by atoms with Crippen molar-refractivity contribution in [1.82, 2.24) is 10.2 Å². The molecule has 0 aliphatic carbocycles. The molecule has 5 heteroatoms. The molecule has 4 nitrogen and oxygen atoms in total. The molecule has 2 fully saturated rings. The second kappa shape index (κ2) is 4.31. The molecule has 0 aromatic rings. The summed E-state index contributed by atoms with van der Waals surface area (Å²) in [4.78, 5) is 13.2. The number of carboxylic acid groups (broad SMARTS) is 1. The van der Waals surface area contributed by atoms with Crippen LogP contribution in [0.4, 0.5) is 0 Å². The summed E-state index contributed by atoms with van der Waals surface area (Å²) in [6, 6.07) is 0.566. The van der Waals surface area contributed by atoms with Gasteiger partial charge in [0.2, 0.25) is 0 Å². The third kappa shape index (κ3) is 2.14. The number of carbonyl (C=O) groups is 1. The molecule has 15 heavy (non-hydrogen) atoms. The van der Waals surface area contributed by atoms with E-state index in [9.17, 15) is 4.79 Å². The SMILES string of the molecule is CN(C1CCSC1)C1(CC(=O)O)CNC1. The van der Waals surface area contributed by atoms with Crippen LogP contribution in [0.5, 0.6) is 0 Å². The van der Waals surface area contributed by atoms with Crippen molar-refractivity contribution in [3.8, 4) is 0 Å². The molecule has 1 atom stereocenters. The number of rotatable bonds is 4. The Bertz CT molecular complexity index is 250. The van der Waals surface area contributed by atoms with Crippen molar-refractivity contribution in [2.45, 2.75) is 24.4 Å². The predicted molar refractivity (Wildman–Crippen MR) is 61.3 cm³/mol. The first-order chi connectivity index (χ1) is 7.14. The zero-order chi connectivity index (χ0) is 10.9. The van der Waals surface area contributed by atoms with Gasteiger partial charge >= 0.3 is 5.97 Å². The molecule has 2 aliphatic rings. The fourth-order valence-electron chi connectivity index (χ4n) is 2.41. The quantitative estimate of drug-likeness (QED) is 0.724. The first-order valence-electron chi connectivity index (χ1n) is 5.37. The van der Waals surface area contributed by atoms with E-state index in [0.717, 1.165) is 18.8 Å². The average molecular weight is 230 g/mol. The Hall–Kier alpha value is -0.260. The summed E-state index contributed by atoms with van der Waals surface area (Å²) in [5.74, 6) is 1.68. The zero-order valence-electron chi connectivity index (χ0n) is 9.03. The summed E-state index contributed by atoms with van der Waals surface area (Å²) in [6.07, 6.45) is 1.46. The Morgan fingerprint density at radius 1 is 1.67 bits per heavy atom. The van der Waals surface area contributed by atoms with Crippen molar-refractivity contribution in [3.05, 3.63) is 0 Å². The minimum Gasteiger partial charge on any atom is -0.481 e. The number of nitrogens with one attached hydrogen (secondary N) is 1.